The van der Waals surface area contributed by atoms with E-state index in [0.717, 1.165) is 28.8 Å². The van der Waals surface area contributed by atoms with Crippen molar-refractivity contribution in [3.63, 3.8) is 0 Å². The van der Waals surface area contributed by atoms with Crippen LogP contribution in [-0.2, 0) is 0 Å². The van der Waals surface area contributed by atoms with E-state index in [4.69, 9.17) is 0 Å². The molecule has 158 valence electrons. The second-order valence-corrected chi connectivity index (χ2v) is 8.15. The van der Waals surface area contributed by atoms with E-state index in [2.05, 4.69) is 5.32 Å². The van der Waals surface area contributed by atoms with Gasteiger partial charge in [-0.05, 0) is 65.6 Å². The molecule has 1 fully saturated rings. The van der Waals surface area contributed by atoms with E-state index >= 15 is 0 Å². The van der Waals surface area contributed by atoms with Crippen LogP contribution >= 0.6 is 0 Å². The van der Waals surface area contributed by atoms with Gasteiger partial charge < -0.3 is 15.3 Å². The SMILES string of the molecule is O=C(c1cccc(F)c1)N1CC[C@@H]2[C@H]1c1cc(-c3cccc(F)c3)ccc1N[C@@H]2CO. The number of hydrogen-bond acceptors (Lipinski definition) is 3. The summed E-state index contributed by atoms with van der Waals surface area (Å²) in [6.07, 6.45) is 0.730. The van der Waals surface area contributed by atoms with Gasteiger partial charge in [0.25, 0.3) is 5.91 Å². The third kappa shape index (κ3) is 3.47. The molecule has 0 spiro atoms. The Kier molecular flexibility index (Phi) is 4.94. The molecule has 31 heavy (non-hydrogen) atoms. The third-order valence-corrected chi connectivity index (χ3v) is 6.36. The number of aliphatic hydroxyl groups is 1. The molecule has 0 bridgehead atoms. The average molecular weight is 420 g/mol. The molecule has 0 unspecified atom stereocenters. The molecular formula is C25H22F2N2O2. The van der Waals surface area contributed by atoms with Crippen LogP contribution in [0.15, 0.2) is 66.7 Å². The van der Waals surface area contributed by atoms with E-state index in [1.54, 1.807) is 17.0 Å². The number of likely N-dealkylation sites (tertiary alicyclic amines) is 1. The topological polar surface area (TPSA) is 52.6 Å². The number of hydrogen-bond donors (Lipinski definition) is 2. The summed E-state index contributed by atoms with van der Waals surface area (Å²) in [6.45, 7) is 0.473. The summed E-state index contributed by atoms with van der Waals surface area (Å²) in [5.74, 6) is -0.963. The van der Waals surface area contributed by atoms with Crippen LogP contribution in [0, 0.1) is 17.6 Å². The van der Waals surface area contributed by atoms with Gasteiger partial charge in [-0.1, -0.05) is 24.3 Å². The molecule has 1 amide bonds. The number of nitrogens with zero attached hydrogens (tertiary/aromatic N) is 1. The lowest BCUT2D eigenvalue weighted by Crippen LogP contribution is -2.42. The van der Waals surface area contributed by atoms with Crippen LogP contribution in [-0.4, -0.2) is 35.1 Å². The molecule has 3 atom stereocenters. The zero-order chi connectivity index (χ0) is 21.5. The fourth-order valence-corrected chi connectivity index (χ4v) is 4.93. The average Bonchev–Trinajstić information content (AvgIpc) is 3.23. The Morgan fingerprint density at radius 3 is 2.48 bits per heavy atom. The Morgan fingerprint density at radius 1 is 1.00 bits per heavy atom. The Balaban J connectivity index is 1.58. The molecule has 0 aliphatic carbocycles. The lowest BCUT2D eigenvalue weighted by molar-refractivity contribution is 0.0700. The molecule has 3 aromatic carbocycles. The standard InChI is InChI=1S/C25H22F2N2O2/c26-18-5-1-3-15(11-18)16-7-8-22-21(13-16)24-20(23(14-30)28-22)9-10-29(24)25(31)17-4-2-6-19(27)12-17/h1-8,11-13,20,23-24,28,30H,9-10,14H2/t20-,23+,24-/m0/s1. The van der Waals surface area contributed by atoms with Crippen LogP contribution in [0.2, 0.25) is 0 Å². The van der Waals surface area contributed by atoms with Crippen molar-refractivity contribution in [2.45, 2.75) is 18.5 Å². The van der Waals surface area contributed by atoms with Gasteiger partial charge >= 0.3 is 0 Å². The number of carbonyl (C=O) groups excluding carboxylic acids is 1. The number of aliphatic hydroxyl groups excluding tert-OH is 1. The van der Waals surface area contributed by atoms with Crippen LogP contribution < -0.4 is 5.32 Å². The van der Waals surface area contributed by atoms with Gasteiger partial charge in [0.2, 0.25) is 0 Å². The highest BCUT2D eigenvalue weighted by Gasteiger charge is 2.45. The molecule has 2 aliphatic heterocycles. The maximum atomic E-state index is 13.8. The van der Waals surface area contributed by atoms with Gasteiger partial charge in [0, 0.05) is 23.7 Å². The van der Waals surface area contributed by atoms with Gasteiger partial charge in [-0.3, -0.25) is 4.79 Å². The number of benzene rings is 3. The summed E-state index contributed by atoms with van der Waals surface area (Å²) >= 11 is 0. The van der Waals surface area contributed by atoms with Gasteiger partial charge in [-0.15, -0.1) is 0 Å². The summed E-state index contributed by atoms with van der Waals surface area (Å²) < 4.78 is 27.5. The van der Waals surface area contributed by atoms with Crippen molar-refractivity contribution in [1.82, 2.24) is 4.90 Å². The fraction of sp³-hybridized carbons (Fsp3) is 0.240. The van der Waals surface area contributed by atoms with Crippen LogP contribution in [0.1, 0.15) is 28.4 Å². The van der Waals surface area contributed by atoms with Crippen molar-refractivity contribution in [3.05, 3.63) is 89.5 Å². The van der Waals surface area contributed by atoms with Crippen LogP contribution in [0.25, 0.3) is 11.1 Å². The smallest absolute Gasteiger partial charge is 0.254 e. The molecule has 0 radical (unpaired) electrons. The molecule has 6 heteroatoms. The first-order chi connectivity index (χ1) is 15.0. The summed E-state index contributed by atoms with van der Waals surface area (Å²) in [7, 11) is 0. The number of nitrogens with one attached hydrogen (secondary N) is 1. The minimum Gasteiger partial charge on any atom is -0.394 e. The Bertz CT molecular complexity index is 1150. The maximum absolute atomic E-state index is 13.8. The van der Waals surface area contributed by atoms with E-state index in [9.17, 15) is 18.7 Å². The highest BCUT2D eigenvalue weighted by atomic mass is 19.1. The molecule has 1 saturated heterocycles. The van der Waals surface area contributed by atoms with E-state index < -0.39 is 5.82 Å². The predicted octanol–water partition coefficient (Wildman–Crippen LogP) is 4.62. The number of anilines is 1. The second kappa shape index (κ2) is 7.78. The largest absolute Gasteiger partial charge is 0.394 e. The van der Waals surface area contributed by atoms with Gasteiger partial charge in [0.1, 0.15) is 11.6 Å². The third-order valence-electron chi connectivity index (χ3n) is 6.36. The highest BCUT2D eigenvalue weighted by molar-refractivity contribution is 5.95. The predicted molar refractivity (Wildman–Crippen MR) is 115 cm³/mol. The van der Waals surface area contributed by atoms with Crippen molar-refractivity contribution in [1.29, 1.82) is 0 Å². The quantitative estimate of drug-likeness (QED) is 0.650. The minimum absolute atomic E-state index is 0.0257. The van der Waals surface area contributed by atoms with Crippen molar-refractivity contribution >= 4 is 11.6 Å². The Morgan fingerprint density at radius 2 is 1.74 bits per heavy atom. The molecule has 4 nitrogen and oxygen atoms in total. The first-order valence-electron chi connectivity index (χ1n) is 10.4. The molecule has 2 aliphatic rings. The van der Waals surface area contributed by atoms with Crippen molar-refractivity contribution in [3.8, 4) is 11.1 Å². The maximum Gasteiger partial charge on any atom is 0.254 e. The summed E-state index contributed by atoms with van der Waals surface area (Å²) in [4.78, 5) is 15.1. The molecule has 0 saturated carbocycles. The number of amides is 1. The van der Waals surface area contributed by atoms with Crippen molar-refractivity contribution < 1.29 is 18.7 Å². The van der Waals surface area contributed by atoms with Gasteiger partial charge in [-0.2, -0.15) is 0 Å². The Labute approximate surface area is 179 Å². The van der Waals surface area contributed by atoms with Crippen LogP contribution in [0.4, 0.5) is 14.5 Å². The fourth-order valence-electron chi connectivity index (χ4n) is 4.93. The normalized spacial score (nSPS) is 21.9. The van der Waals surface area contributed by atoms with E-state index in [-0.39, 0.29) is 36.3 Å². The molecule has 5 rings (SSSR count). The molecule has 0 aromatic heterocycles. The molecular weight excluding hydrogens is 398 g/mol. The minimum atomic E-state index is -0.450. The zero-order valence-electron chi connectivity index (χ0n) is 16.8. The van der Waals surface area contributed by atoms with Crippen LogP contribution in [0.3, 0.4) is 0 Å². The van der Waals surface area contributed by atoms with Crippen molar-refractivity contribution in [2.24, 2.45) is 5.92 Å². The second-order valence-electron chi connectivity index (χ2n) is 8.15. The number of carbonyl (C=O) groups is 1. The first kappa shape index (κ1) is 19.7. The summed E-state index contributed by atoms with van der Waals surface area (Å²) in [5.41, 5.74) is 3.69. The highest BCUT2D eigenvalue weighted by Crippen LogP contribution is 2.47. The van der Waals surface area contributed by atoms with Crippen molar-refractivity contribution in [2.75, 3.05) is 18.5 Å². The molecule has 3 aromatic rings. The zero-order valence-corrected chi connectivity index (χ0v) is 16.8. The van der Waals surface area contributed by atoms with E-state index in [1.807, 2.05) is 24.3 Å². The lowest BCUT2D eigenvalue weighted by atomic mass is 9.82. The first-order valence-corrected chi connectivity index (χ1v) is 10.4. The molecule has 2 N–H and O–H groups in total. The lowest BCUT2D eigenvalue weighted by Gasteiger charge is -2.39. The van der Waals surface area contributed by atoms with Gasteiger partial charge in [0.05, 0.1) is 18.7 Å². The number of halogens is 2. The van der Waals surface area contributed by atoms with Gasteiger partial charge in [-0.25, -0.2) is 8.78 Å². The van der Waals surface area contributed by atoms with E-state index in [0.29, 0.717) is 12.1 Å². The summed E-state index contributed by atoms with van der Waals surface area (Å²) in [5, 5.41) is 13.3. The number of fused-ring (bicyclic) bond motifs is 3. The van der Waals surface area contributed by atoms with Gasteiger partial charge in [0.15, 0.2) is 0 Å². The Hall–Kier alpha value is -3.25. The number of rotatable bonds is 3. The van der Waals surface area contributed by atoms with E-state index in [1.165, 1.54) is 30.3 Å². The molecule has 2 heterocycles. The summed E-state index contributed by atoms with van der Waals surface area (Å²) in [6, 6.07) is 17.5. The van der Waals surface area contributed by atoms with Crippen LogP contribution in [0.5, 0.6) is 0 Å². The monoisotopic (exact) mass is 420 g/mol.